The van der Waals surface area contributed by atoms with E-state index in [0.29, 0.717) is 29.3 Å². The minimum absolute atomic E-state index is 0.00110. The van der Waals surface area contributed by atoms with Crippen LogP contribution in [0.2, 0.25) is 0 Å². The molecule has 0 saturated carbocycles. The van der Waals surface area contributed by atoms with Crippen LogP contribution in [0.3, 0.4) is 0 Å². The van der Waals surface area contributed by atoms with E-state index >= 15 is 0 Å². The van der Waals surface area contributed by atoms with Crippen LogP contribution in [-0.2, 0) is 13.2 Å². The summed E-state index contributed by atoms with van der Waals surface area (Å²) < 4.78 is 5.71. The molecular weight excluding hydrogens is 310 g/mol. The first-order valence-corrected chi connectivity index (χ1v) is 7.29. The zero-order chi connectivity index (χ0) is 16.9. The molecule has 1 aromatic carbocycles. The third-order valence-electron chi connectivity index (χ3n) is 3.56. The zero-order valence-electron chi connectivity index (χ0n) is 12.7. The van der Waals surface area contributed by atoms with Gasteiger partial charge in [0.15, 0.2) is 0 Å². The van der Waals surface area contributed by atoms with Gasteiger partial charge in [0, 0.05) is 17.8 Å². The molecule has 0 aliphatic heterocycles. The van der Waals surface area contributed by atoms with Gasteiger partial charge in [-0.05, 0) is 24.3 Å². The molecule has 24 heavy (non-hydrogen) atoms. The molecule has 0 radical (unpaired) electrons. The van der Waals surface area contributed by atoms with Gasteiger partial charge in [-0.25, -0.2) is 0 Å². The number of rotatable bonds is 6. The number of nitro groups is 1. The maximum Gasteiger partial charge on any atom is 0.280 e. The van der Waals surface area contributed by atoms with Crippen molar-refractivity contribution < 1.29 is 14.4 Å². The largest absolute Gasteiger partial charge is 0.459 e. The molecule has 2 aromatic heterocycles. The molecule has 7 nitrogen and oxygen atoms in total. The predicted octanol–water partition coefficient (Wildman–Crippen LogP) is 3.35. The molecule has 7 heteroatoms. The highest BCUT2D eigenvalue weighted by Crippen LogP contribution is 2.31. The first-order valence-electron chi connectivity index (χ1n) is 7.29. The van der Waals surface area contributed by atoms with Crippen molar-refractivity contribution in [2.45, 2.75) is 13.2 Å². The van der Waals surface area contributed by atoms with Gasteiger partial charge in [0.2, 0.25) is 0 Å². The molecule has 122 valence electrons. The van der Waals surface area contributed by atoms with Crippen LogP contribution in [-0.4, -0.2) is 15.0 Å². The van der Waals surface area contributed by atoms with Crippen LogP contribution in [0, 0.1) is 10.1 Å². The number of aliphatic hydroxyl groups is 1. The number of nitrogens with one attached hydrogen (secondary N) is 1. The van der Waals surface area contributed by atoms with E-state index in [9.17, 15) is 15.2 Å². The van der Waals surface area contributed by atoms with E-state index in [4.69, 9.17) is 4.42 Å². The molecule has 0 amide bonds. The maximum absolute atomic E-state index is 11.1. The van der Waals surface area contributed by atoms with Crippen molar-refractivity contribution in [3.05, 3.63) is 76.3 Å². The van der Waals surface area contributed by atoms with Crippen molar-refractivity contribution in [3.63, 3.8) is 0 Å². The molecule has 0 fully saturated rings. The monoisotopic (exact) mass is 325 g/mol. The predicted molar refractivity (Wildman–Crippen MR) is 88.3 cm³/mol. The van der Waals surface area contributed by atoms with E-state index in [2.05, 4.69) is 10.3 Å². The van der Waals surface area contributed by atoms with Crippen LogP contribution >= 0.6 is 0 Å². The van der Waals surface area contributed by atoms with Crippen molar-refractivity contribution in [3.8, 4) is 11.3 Å². The van der Waals surface area contributed by atoms with Crippen molar-refractivity contribution in [2.24, 2.45) is 0 Å². The number of anilines is 1. The Morgan fingerprint density at radius 1 is 1.21 bits per heavy atom. The summed E-state index contributed by atoms with van der Waals surface area (Å²) in [6, 6.07) is 11.6. The zero-order valence-corrected chi connectivity index (χ0v) is 12.7. The smallest absolute Gasteiger partial charge is 0.280 e. The number of aliphatic hydroxyl groups excluding tert-OH is 1. The van der Waals surface area contributed by atoms with Gasteiger partial charge in [-0.15, -0.1) is 0 Å². The minimum atomic E-state index is -0.432. The number of hydrogen-bond acceptors (Lipinski definition) is 6. The minimum Gasteiger partial charge on any atom is -0.459 e. The molecule has 2 heterocycles. The molecule has 0 bridgehead atoms. The Kier molecular flexibility index (Phi) is 4.53. The fourth-order valence-electron chi connectivity index (χ4n) is 2.36. The Labute approximate surface area is 137 Å². The lowest BCUT2D eigenvalue weighted by atomic mass is 10.1. The number of nitrogens with zero attached hydrogens (tertiary/aromatic N) is 2. The summed E-state index contributed by atoms with van der Waals surface area (Å²) in [4.78, 5) is 14.7. The van der Waals surface area contributed by atoms with Gasteiger partial charge in [-0.2, -0.15) is 0 Å². The second-order valence-corrected chi connectivity index (χ2v) is 5.08. The van der Waals surface area contributed by atoms with E-state index in [0.717, 1.165) is 5.56 Å². The summed E-state index contributed by atoms with van der Waals surface area (Å²) in [5.41, 5.74) is 1.88. The van der Waals surface area contributed by atoms with E-state index in [1.54, 1.807) is 48.8 Å². The van der Waals surface area contributed by atoms with Crippen LogP contribution < -0.4 is 5.32 Å². The molecule has 0 unspecified atom stereocenters. The van der Waals surface area contributed by atoms with Gasteiger partial charge < -0.3 is 14.8 Å². The van der Waals surface area contributed by atoms with E-state index in [1.807, 2.05) is 0 Å². The Morgan fingerprint density at radius 2 is 2.04 bits per heavy atom. The molecule has 0 aliphatic carbocycles. The Hall–Kier alpha value is -3.19. The van der Waals surface area contributed by atoms with Crippen molar-refractivity contribution in [2.75, 3.05) is 5.32 Å². The summed E-state index contributed by atoms with van der Waals surface area (Å²) in [7, 11) is 0. The van der Waals surface area contributed by atoms with Crippen LogP contribution in [0.4, 0.5) is 11.4 Å². The van der Waals surface area contributed by atoms with Gasteiger partial charge in [0.25, 0.3) is 5.69 Å². The Balaban J connectivity index is 1.78. The lowest BCUT2D eigenvalue weighted by Gasteiger charge is -2.08. The first-order chi connectivity index (χ1) is 11.7. The van der Waals surface area contributed by atoms with Gasteiger partial charge in [-0.1, -0.05) is 12.1 Å². The van der Waals surface area contributed by atoms with Gasteiger partial charge in [0.05, 0.1) is 35.5 Å². The van der Waals surface area contributed by atoms with Gasteiger partial charge in [-0.3, -0.25) is 15.1 Å². The highest BCUT2D eigenvalue weighted by atomic mass is 16.6. The fraction of sp³-hybridized carbons (Fsp3) is 0.118. The second kappa shape index (κ2) is 6.93. The summed E-state index contributed by atoms with van der Waals surface area (Å²) in [5, 5.41) is 23.5. The number of para-hydroxylation sites is 1. The lowest BCUT2D eigenvalue weighted by Crippen LogP contribution is -2.02. The second-order valence-electron chi connectivity index (χ2n) is 5.08. The molecule has 0 spiro atoms. The first kappa shape index (κ1) is 15.7. The third-order valence-corrected chi connectivity index (χ3v) is 3.56. The number of aromatic nitrogens is 1. The molecule has 0 aliphatic rings. The molecule has 3 aromatic rings. The normalized spacial score (nSPS) is 10.5. The van der Waals surface area contributed by atoms with E-state index < -0.39 is 4.92 Å². The van der Waals surface area contributed by atoms with Crippen LogP contribution in [0.5, 0.6) is 0 Å². The number of pyridine rings is 1. The maximum atomic E-state index is 11.1. The summed E-state index contributed by atoms with van der Waals surface area (Å²) in [6.45, 7) is 0.282. The highest BCUT2D eigenvalue weighted by Gasteiger charge is 2.17. The average Bonchev–Trinajstić information content (AvgIpc) is 3.09. The molecule has 2 N–H and O–H groups in total. The number of hydrogen-bond donors (Lipinski definition) is 2. The van der Waals surface area contributed by atoms with E-state index in [-0.39, 0.29) is 12.3 Å². The van der Waals surface area contributed by atoms with Crippen molar-refractivity contribution in [1.82, 2.24) is 4.98 Å². The molecule has 0 atom stereocenters. The summed E-state index contributed by atoms with van der Waals surface area (Å²) >= 11 is 0. The van der Waals surface area contributed by atoms with Gasteiger partial charge in [0.1, 0.15) is 11.5 Å². The van der Waals surface area contributed by atoms with Crippen molar-refractivity contribution in [1.29, 1.82) is 0 Å². The molecule has 0 saturated heterocycles. The Morgan fingerprint density at radius 3 is 2.83 bits per heavy atom. The molecular formula is C17H15N3O4. The van der Waals surface area contributed by atoms with Crippen molar-refractivity contribution >= 4 is 11.4 Å². The van der Waals surface area contributed by atoms with Crippen LogP contribution in [0.1, 0.15) is 11.3 Å². The number of furan rings is 1. The SMILES string of the molecule is O=[N+]([O-])c1ccccc1-c1ccc(CNc2cnccc2CO)o1. The summed E-state index contributed by atoms with van der Waals surface area (Å²) in [6.07, 6.45) is 3.23. The summed E-state index contributed by atoms with van der Waals surface area (Å²) in [5.74, 6) is 1.06. The van der Waals surface area contributed by atoms with Gasteiger partial charge >= 0.3 is 0 Å². The number of nitro benzene ring substituents is 1. The molecule has 3 rings (SSSR count). The van der Waals surface area contributed by atoms with E-state index in [1.165, 1.54) is 6.07 Å². The third kappa shape index (κ3) is 3.26. The quantitative estimate of drug-likeness (QED) is 0.532. The van der Waals surface area contributed by atoms with Crippen LogP contribution in [0.15, 0.2) is 59.3 Å². The van der Waals surface area contributed by atoms with Crippen LogP contribution in [0.25, 0.3) is 11.3 Å². The fourth-order valence-corrected chi connectivity index (χ4v) is 2.36. The number of benzene rings is 1. The lowest BCUT2D eigenvalue weighted by molar-refractivity contribution is -0.384. The average molecular weight is 325 g/mol. The standard InChI is InChI=1S/C17H15N3O4/c21-11-12-7-8-18-10-15(12)19-9-13-5-6-17(24-13)14-3-1-2-4-16(14)20(22)23/h1-8,10,19,21H,9,11H2. The Bertz CT molecular complexity index is 860. The highest BCUT2D eigenvalue weighted by molar-refractivity contribution is 5.69. The topological polar surface area (TPSA) is 101 Å².